The van der Waals surface area contributed by atoms with Crippen molar-refractivity contribution in [3.8, 4) is 11.8 Å². The molecule has 0 radical (unpaired) electrons. The molecule has 0 aliphatic carbocycles. The third kappa shape index (κ3) is 4.76. The SMILES string of the molecule is CN(C[C@@H]1N[C@H](CO)[C@@H]1c1ccc(C#Cc2ccccc2)cc1)S(C)(=O)=O. The number of aliphatic hydroxyl groups is 1. The number of hydrogen-bond acceptors (Lipinski definition) is 4. The predicted molar refractivity (Wildman–Crippen MR) is 107 cm³/mol. The molecule has 2 aromatic carbocycles. The van der Waals surface area contributed by atoms with Crippen molar-refractivity contribution >= 4 is 10.0 Å². The Morgan fingerprint density at radius 2 is 1.59 bits per heavy atom. The van der Waals surface area contributed by atoms with E-state index >= 15 is 0 Å². The third-order valence-electron chi connectivity index (χ3n) is 4.93. The molecule has 0 aromatic heterocycles. The van der Waals surface area contributed by atoms with Gasteiger partial charge in [-0.3, -0.25) is 0 Å². The maximum Gasteiger partial charge on any atom is 0.211 e. The monoisotopic (exact) mass is 384 g/mol. The number of benzene rings is 2. The number of likely N-dealkylation sites (N-methyl/N-ethyl adjacent to an activating group) is 1. The summed E-state index contributed by atoms with van der Waals surface area (Å²) in [5.74, 6) is 6.35. The van der Waals surface area contributed by atoms with Gasteiger partial charge in [0.2, 0.25) is 10.0 Å². The molecule has 3 rings (SSSR count). The smallest absolute Gasteiger partial charge is 0.211 e. The van der Waals surface area contributed by atoms with Crippen LogP contribution in [0.3, 0.4) is 0 Å². The third-order valence-corrected chi connectivity index (χ3v) is 6.21. The van der Waals surface area contributed by atoms with Crippen LogP contribution in [0, 0.1) is 11.8 Å². The van der Waals surface area contributed by atoms with Gasteiger partial charge < -0.3 is 10.4 Å². The molecule has 5 nitrogen and oxygen atoms in total. The number of hydrogen-bond donors (Lipinski definition) is 2. The summed E-state index contributed by atoms with van der Waals surface area (Å²) >= 11 is 0. The fourth-order valence-corrected chi connectivity index (χ4v) is 3.74. The minimum Gasteiger partial charge on any atom is -0.395 e. The van der Waals surface area contributed by atoms with Crippen molar-refractivity contribution in [2.45, 2.75) is 18.0 Å². The van der Waals surface area contributed by atoms with Crippen molar-refractivity contribution < 1.29 is 13.5 Å². The van der Waals surface area contributed by atoms with Gasteiger partial charge in [-0.25, -0.2) is 12.7 Å². The van der Waals surface area contributed by atoms with Crippen molar-refractivity contribution in [2.75, 3.05) is 26.5 Å². The summed E-state index contributed by atoms with van der Waals surface area (Å²) < 4.78 is 24.7. The average Bonchev–Trinajstić information content (AvgIpc) is 2.64. The van der Waals surface area contributed by atoms with Crippen molar-refractivity contribution in [1.82, 2.24) is 9.62 Å². The van der Waals surface area contributed by atoms with Crippen LogP contribution < -0.4 is 5.32 Å². The van der Waals surface area contributed by atoms with Gasteiger partial charge in [0.25, 0.3) is 0 Å². The van der Waals surface area contributed by atoms with Gasteiger partial charge in [-0.15, -0.1) is 0 Å². The zero-order valence-electron chi connectivity index (χ0n) is 15.5. The molecule has 1 aliphatic heterocycles. The summed E-state index contributed by atoms with van der Waals surface area (Å²) in [6.07, 6.45) is 1.20. The number of aliphatic hydroxyl groups excluding tert-OH is 1. The Morgan fingerprint density at radius 1 is 1.00 bits per heavy atom. The van der Waals surface area contributed by atoms with E-state index in [1.807, 2.05) is 54.6 Å². The molecule has 0 saturated carbocycles. The summed E-state index contributed by atoms with van der Waals surface area (Å²) in [6.45, 7) is 0.384. The molecular weight excluding hydrogens is 360 g/mol. The number of nitrogens with one attached hydrogen (secondary N) is 1. The van der Waals surface area contributed by atoms with Crippen LogP contribution in [0.5, 0.6) is 0 Å². The van der Waals surface area contributed by atoms with Crippen molar-refractivity contribution in [2.24, 2.45) is 0 Å². The van der Waals surface area contributed by atoms with Crippen LogP contribution in [0.25, 0.3) is 0 Å². The first-order valence-electron chi connectivity index (χ1n) is 8.84. The molecule has 2 aromatic rings. The first-order valence-corrected chi connectivity index (χ1v) is 10.7. The summed E-state index contributed by atoms with van der Waals surface area (Å²) in [5, 5.41) is 12.8. The molecule has 0 amide bonds. The summed E-state index contributed by atoms with van der Waals surface area (Å²) in [5.41, 5.74) is 2.96. The maximum atomic E-state index is 11.7. The summed E-state index contributed by atoms with van der Waals surface area (Å²) in [7, 11) is -1.66. The van der Waals surface area contributed by atoms with Crippen molar-refractivity contribution in [3.63, 3.8) is 0 Å². The normalized spacial score (nSPS) is 22.0. The summed E-state index contributed by atoms with van der Waals surface area (Å²) in [4.78, 5) is 0. The lowest BCUT2D eigenvalue weighted by molar-refractivity contribution is 0.118. The van der Waals surface area contributed by atoms with Crippen LogP contribution in [0.1, 0.15) is 22.6 Å². The molecule has 142 valence electrons. The van der Waals surface area contributed by atoms with Crippen LogP contribution in [-0.4, -0.2) is 56.4 Å². The van der Waals surface area contributed by atoms with Gasteiger partial charge in [0.05, 0.1) is 12.9 Å². The molecule has 1 saturated heterocycles. The Balaban J connectivity index is 1.73. The van der Waals surface area contributed by atoms with E-state index in [9.17, 15) is 13.5 Å². The molecule has 2 N–H and O–H groups in total. The highest BCUT2D eigenvalue weighted by atomic mass is 32.2. The maximum absolute atomic E-state index is 11.7. The lowest BCUT2D eigenvalue weighted by atomic mass is 9.77. The average molecular weight is 385 g/mol. The van der Waals surface area contributed by atoms with E-state index in [1.54, 1.807) is 7.05 Å². The van der Waals surface area contributed by atoms with Crippen LogP contribution in [-0.2, 0) is 10.0 Å². The number of rotatable bonds is 5. The number of sulfonamides is 1. The van der Waals surface area contributed by atoms with Crippen molar-refractivity contribution in [1.29, 1.82) is 0 Å². The van der Waals surface area contributed by atoms with Gasteiger partial charge >= 0.3 is 0 Å². The number of nitrogens with zero attached hydrogens (tertiary/aromatic N) is 1. The summed E-state index contributed by atoms with van der Waals surface area (Å²) in [6, 6.07) is 17.7. The minimum absolute atomic E-state index is 0.0132. The standard InChI is InChI=1S/C21H24N2O3S/c1-23(27(2,25)26)14-19-21(20(15-24)22-19)18-12-10-17(11-13-18)9-8-16-6-4-3-5-7-16/h3-7,10-13,19-22,24H,14-15H2,1-2H3/t19-,20+,21+/m0/s1. The fourth-order valence-electron chi connectivity index (χ4n) is 3.31. The van der Waals surface area contributed by atoms with E-state index in [4.69, 9.17) is 0 Å². The largest absolute Gasteiger partial charge is 0.395 e. The molecule has 27 heavy (non-hydrogen) atoms. The highest BCUT2D eigenvalue weighted by Crippen LogP contribution is 2.32. The lowest BCUT2D eigenvalue weighted by Gasteiger charge is -2.47. The molecule has 1 aliphatic rings. The highest BCUT2D eigenvalue weighted by molar-refractivity contribution is 7.88. The fraction of sp³-hybridized carbons (Fsp3) is 0.333. The van der Waals surface area contributed by atoms with E-state index in [-0.39, 0.29) is 24.6 Å². The van der Waals surface area contributed by atoms with Crippen LogP contribution >= 0.6 is 0 Å². The van der Waals surface area contributed by atoms with Gasteiger partial charge in [0, 0.05) is 42.7 Å². The second kappa shape index (κ2) is 8.24. The van der Waals surface area contributed by atoms with Gasteiger partial charge in [-0.1, -0.05) is 42.2 Å². The van der Waals surface area contributed by atoms with E-state index in [0.29, 0.717) is 6.54 Å². The van der Waals surface area contributed by atoms with E-state index in [0.717, 1.165) is 16.7 Å². The van der Waals surface area contributed by atoms with Gasteiger partial charge in [-0.05, 0) is 29.8 Å². The Bertz CT molecular complexity index is 931. The Hall–Kier alpha value is -2.17. The zero-order valence-corrected chi connectivity index (χ0v) is 16.3. The van der Waals surface area contributed by atoms with Crippen LogP contribution in [0.4, 0.5) is 0 Å². The first kappa shape index (κ1) is 19.6. The topological polar surface area (TPSA) is 69.6 Å². The lowest BCUT2D eigenvalue weighted by Crippen LogP contribution is -2.64. The van der Waals surface area contributed by atoms with Gasteiger partial charge in [-0.2, -0.15) is 0 Å². The van der Waals surface area contributed by atoms with E-state index < -0.39 is 10.0 Å². The first-order chi connectivity index (χ1) is 12.9. The van der Waals surface area contributed by atoms with E-state index in [1.165, 1.54) is 10.6 Å². The minimum atomic E-state index is -3.23. The Kier molecular flexibility index (Phi) is 5.98. The zero-order chi connectivity index (χ0) is 19.4. The van der Waals surface area contributed by atoms with Crippen molar-refractivity contribution in [3.05, 3.63) is 71.3 Å². The Morgan fingerprint density at radius 3 is 2.15 bits per heavy atom. The quantitative estimate of drug-likeness (QED) is 0.765. The molecule has 0 unspecified atom stereocenters. The molecule has 0 spiro atoms. The second-order valence-corrected chi connectivity index (χ2v) is 8.96. The molecule has 1 heterocycles. The van der Waals surface area contributed by atoms with E-state index in [2.05, 4.69) is 17.2 Å². The molecule has 1 fully saturated rings. The molecule has 6 heteroatoms. The molecule has 3 atom stereocenters. The molecule has 0 bridgehead atoms. The van der Waals surface area contributed by atoms with Gasteiger partial charge in [0.15, 0.2) is 0 Å². The molecular formula is C21H24N2O3S. The van der Waals surface area contributed by atoms with Crippen LogP contribution in [0.15, 0.2) is 54.6 Å². The van der Waals surface area contributed by atoms with Gasteiger partial charge in [0.1, 0.15) is 0 Å². The highest BCUT2D eigenvalue weighted by Gasteiger charge is 2.41. The second-order valence-electron chi connectivity index (χ2n) is 6.87. The predicted octanol–water partition coefficient (Wildman–Crippen LogP) is 1.39. The Labute approximate surface area is 161 Å². The van der Waals surface area contributed by atoms with Crippen LogP contribution in [0.2, 0.25) is 0 Å².